The summed E-state index contributed by atoms with van der Waals surface area (Å²) in [7, 11) is 0. The molecule has 1 heterocycles. The minimum atomic E-state index is 0.0342. The highest BCUT2D eigenvalue weighted by molar-refractivity contribution is 5.92. The molecule has 1 fully saturated rings. The van der Waals surface area contributed by atoms with E-state index >= 15 is 0 Å². The van der Waals surface area contributed by atoms with Crippen LogP contribution in [0.5, 0.6) is 0 Å². The van der Waals surface area contributed by atoms with Crippen LogP contribution < -0.4 is 0 Å². The second kappa shape index (κ2) is 6.30. The maximum atomic E-state index is 12.9. The van der Waals surface area contributed by atoms with E-state index < -0.39 is 0 Å². The summed E-state index contributed by atoms with van der Waals surface area (Å²) in [6.07, 6.45) is 2.45. The van der Waals surface area contributed by atoms with Crippen LogP contribution in [0.15, 0.2) is 48.5 Å². The van der Waals surface area contributed by atoms with Crippen molar-refractivity contribution in [1.82, 2.24) is 9.88 Å². The largest absolute Gasteiger partial charge is 0.330 e. The van der Waals surface area contributed by atoms with Gasteiger partial charge in [-0.2, -0.15) is 0 Å². The number of carbonyl (C=O) groups is 1. The first-order valence-corrected chi connectivity index (χ1v) is 7.93. The molecule has 1 atom stereocenters. The molecule has 0 radical (unpaired) electrons. The molecule has 1 aliphatic rings. The van der Waals surface area contributed by atoms with Gasteiger partial charge in [0, 0.05) is 18.3 Å². The first-order chi connectivity index (χ1) is 10.6. The van der Waals surface area contributed by atoms with Crippen molar-refractivity contribution in [1.29, 1.82) is 0 Å². The lowest BCUT2D eigenvalue weighted by Gasteiger charge is -2.29. The number of hydrogen-bond acceptors (Lipinski definition) is 2. The summed E-state index contributed by atoms with van der Waals surface area (Å²) in [5.74, 6) is 0.671. The van der Waals surface area contributed by atoms with Gasteiger partial charge in [-0.15, -0.1) is 0 Å². The minimum Gasteiger partial charge on any atom is -0.330 e. The lowest BCUT2D eigenvalue weighted by molar-refractivity contribution is 0.0648. The van der Waals surface area contributed by atoms with Crippen LogP contribution in [-0.2, 0) is 6.54 Å². The van der Waals surface area contributed by atoms with Crippen molar-refractivity contribution in [3.8, 4) is 0 Å². The van der Waals surface area contributed by atoms with Gasteiger partial charge in [0.25, 0.3) is 5.91 Å². The molecule has 1 unspecified atom stereocenters. The van der Waals surface area contributed by atoms with Crippen molar-refractivity contribution >= 4 is 5.91 Å². The molecular formula is C19H22N2O. The lowest BCUT2D eigenvalue weighted by Crippen LogP contribution is -2.39. The monoisotopic (exact) mass is 294 g/mol. The van der Waals surface area contributed by atoms with Gasteiger partial charge in [0.1, 0.15) is 5.69 Å². The van der Waals surface area contributed by atoms with Crippen LogP contribution in [0.2, 0.25) is 0 Å². The fraction of sp³-hybridized carbons (Fsp3) is 0.368. The molecule has 1 aromatic heterocycles. The third kappa shape index (κ3) is 3.35. The number of nitrogens with zero attached hydrogens (tertiary/aromatic N) is 2. The molecule has 1 aliphatic carbocycles. The molecule has 1 saturated carbocycles. The van der Waals surface area contributed by atoms with Gasteiger partial charge in [0.2, 0.25) is 0 Å². The van der Waals surface area contributed by atoms with E-state index in [-0.39, 0.29) is 11.9 Å². The van der Waals surface area contributed by atoms with E-state index in [1.807, 2.05) is 48.2 Å². The summed E-state index contributed by atoms with van der Waals surface area (Å²) in [5.41, 5.74) is 2.59. The Labute approximate surface area is 132 Å². The molecule has 0 aliphatic heterocycles. The number of hydrogen-bond donors (Lipinski definition) is 0. The number of aromatic nitrogens is 1. The molecule has 0 spiro atoms. The van der Waals surface area contributed by atoms with Crippen LogP contribution in [-0.4, -0.2) is 21.8 Å². The van der Waals surface area contributed by atoms with E-state index in [0.717, 1.165) is 11.3 Å². The fourth-order valence-corrected chi connectivity index (χ4v) is 2.82. The number of carbonyl (C=O) groups excluding carboxylic acids is 1. The Hall–Kier alpha value is -2.16. The van der Waals surface area contributed by atoms with Crippen molar-refractivity contribution in [3.05, 3.63) is 65.5 Å². The van der Waals surface area contributed by atoms with E-state index in [1.54, 1.807) is 0 Å². The molecule has 22 heavy (non-hydrogen) atoms. The van der Waals surface area contributed by atoms with Crippen LogP contribution in [0.4, 0.5) is 0 Å². The smallest absolute Gasteiger partial charge is 0.273 e. The van der Waals surface area contributed by atoms with Crippen LogP contribution in [0.1, 0.15) is 41.5 Å². The Morgan fingerprint density at radius 2 is 1.91 bits per heavy atom. The summed E-state index contributed by atoms with van der Waals surface area (Å²) in [5, 5.41) is 0. The highest BCUT2D eigenvalue weighted by atomic mass is 16.2. The van der Waals surface area contributed by atoms with Crippen LogP contribution >= 0.6 is 0 Å². The molecule has 1 aromatic carbocycles. The quantitative estimate of drug-likeness (QED) is 0.839. The minimum absolute atomic E-state index is 0.0342. The predicted octanol–water partition coefficient (Wildman–Crippen LogP) is 3.83. The van der Waals surface area contributed by atoms with E-state index in [4.69, 9.17) is 0 Å². The summed E-state index contributed by atoms with van der Waals surface area (Å²) >= 11 is 0. The van der Waals surface area contributed by atoms with Gasteiger partial charge in [-0.1, -0.05) is 36.4 Å². The normalized spacial score (nSPS) is 15.4. The zero-order valence-electron chi connectivity index (χ0n) is 13.2. The van der Waals surface area contributed by atoms with Crippen LogP contribution in [0, 0.1) is 12.8 Å². The van der Waals surface area contributed by atoms with Gasteiger partial charge in [-0.25, -0.2) is 4.98 Å². The van der Waals surface area contributed by atoms with E-state index in [0.29, 0.717) is 18.2 Å². The Morgan fingerprint density at radius 1 is 1.18 bits per heavy atom. The standard InChI is InChI=1S/C19H22N2O/c1-14-7-6-10-18(20-14)19(22)21(15(2)17-11-12-17)13-16-8-4-3-5-9-16/h3-10,15,17H,11-13H2,1-2H3. The van der Waals surface area contributed by atoms with Crippen molar-refractivity contribution in [3.63, 3.8) is 0 Å². The Kier molecular flexibility index (Phi) is 4.23. The molecule has 3 heteroatoms. The van der Waals surface area contributed by atoms with Gasteiger partial charge in [-0.3, -0.25) is 4.79 Å². The Balaban J connectivity index is 1.85. The molecule has 0 saturated heterocycles. The third-order valence-electron chi connectivity index (χ3n) is 4.36. The highest BCUT2D eigenvalue weighted by Gasteiger charge is 2.35. The number of amides is 1. The van der Waals surface area contributed by atoms with Crippen molar-refractivity contribution in [2.24, 2.45) is 5.92 Å². The lowest BCUT2D eigenvalue weighted by atomic mass is 10.1. The average Bonchev–Trinajstić information content (AvgIpc) is 3.37. The maximum Gasteiger partial charge on any atom is 0.273 e. The van der Waals surface area contributed by atoms with Crippen LogP contribution in [0.3, 0.4) is 0 Å². The fourth-order valence-electron chi connectivity index (χ4n) is 2.82. The maximum absolute atomic E-state index is 12.9. The van der Waals surface area contributed by atoms with Crippen molar-refractivity contribution in [2.75, 3.05) is 0 Å². The summed E-state index contributed by atoms with van der Waals surface area (Å²) < 4.78 is 0. The van der Waals surface area contributed by atoms with E-state index in [9.17, 15) is 4.79 Å². The Morgan fingerprint density at radius 3 is 2.55 bits per heavy atom. The number of rotatable bonds is 5. The molecule has 1 amide bonds. The summed E-state index contributed by atoms with van der Waals surface area (Å²) in [6.45, 7) is 4.73. The summed E-state index contributed by atoms with van der Waals surface area (Å²) in [4.78, 5) is 19.3. The van der Waals surface area contributed by atoms with Gasteiger partial charge < -0.3 is 4.90 Å². The zero-order chi connectivity index (χ0) is 15.5. The van der Waals surface area contributed by atoms with Gasteiger partial charge in [-0.05, 0) is 50.3 Å². The van der Waals surface area contributed by atoms with Crippen molar-refractivity contribution < 1.29 is 4.79 Å². The molecule has 114 valence electrons. The third-order valence-corrected chi connectivity index (χ3v) is 4.36. The number of pyridine rings is 1. The SMILES string of the molecule is Cc1cccc(C(=O)N(Cc2ccccc2)C(C)C2CC2)n1. The van der Waals surface area contributed by atoms with Gasteiger partial charge in [0.15, 0.2) is 0 Å². The molecular weight excluding hydrogens is 272 g/mol. The van der Waals surface area contributed by atoms with E-state index in [1.165, 1.54) is 12.8 Å². The highest BCUT2D eigenvalue weighted by Crippen LogP contribution is 2.36. The van der Waals surface area contributed by atoms with Gasteiger partial charge in [0.05, 0.1) is 0 Å². The first-order valence-electron chi connectivity index (χ1n) is 7.93. The summed E-state index contributed by atoms with van der Waals surface area (Å²) in [6, 6.07) is 16.1. The van der Waals surface area contributed by atoms with Crippen molar-refractivity contribution in [2.45, 2.75) is 39.3 Å². The Bertz CT molecular complexity index is 649. The molecule has 0 N–H and O–H groups in total. The molecule has 3 nitrogen and oxygen atoms in total. The molecule has 2 aromatic rings. The number of benzene rings is 1. The number of aryl methyl sites for hydroxylation is 1. The topological polar surface area (TPSA) is 33.2 Å². The predicted molar refractivity (Wildman–Crippen MR) is 87.5 cm³/mol. The molecule has 3 rings (SSSR count). The first kappa shape index (κ1) is 14.8. The zero-order valence-corrected chi connectivity index (χ0v) is 13.2. The van der Waals surface area contributed by atoms with Crippen LogP contribution in [0.25, 0.3) is 0 Å². The molecule has 0 bridgehead atoms. The second-order valence-corrected chi connectivity index (χ2v) is 6.16. The van der Waals surface area contributed by atoms with Gasteiger partial charge >= 0.3 is 0 Å². The van der Waals surface area contributed by atoms with E-state index in [2.05, 4.69) is 24.0 Å². The second-order valence-electron chi connectivity index (χ2n) is 6.16. The average molecular weight is 294 g/mol.